The van der Waals surface area contributed by atoms with Gasteiger partial charge in [-0.25, -0.2) is 8.42 Å². The van der Waals surface area contributed by atoms with Crippen molar-refractivity contribution in [1.82, 2.24) is 20.3 Å². The third-order valence-corrected chi connectivity index (χ3v) is 6.24. The minimum Gasteiger partial charge on any atom is -0.361 e. The van der Waals surface area contributed by atoms with Gasteiger partial charge in [-0.05, 0) is 44.9 Å². The predicted molar refractivity (Wildman–Crippen MR) is 95.3 cm³/mol. The minimum atomic E-state index is -3.63. The van der Waals surface area contributed by atoms with Crippen LogP contribution < -0.4 is 10.9 Å². The monoisotopic (exact) mass is 392 g/mol. The lowest BCUT2D eigenvalue weighted by atomic mass is 10.2. The summed E-state index contributed by atoms with van der Waals surface area (Å²) in [6.45, 7) is 4.15. The molecular weight excluding hydrogens is 372 g/mol. The Balaban J connectivity index is 1.71. The first kappa shape index (κ1) is 19.1. The maximum atomic E-state index is 12.6. The van der Waals surface area contributed by atoms with Crippen molar-refractivity contribution in [3.8, 4) is 0 Å². The Morgan fingerprint density at radius 2 is 1.78 bits per heavy atom. The molecule has 0 aliphatic carbocycles. The summed E-state index contributed by atoms with van der Waals surface area (Å²) in [6.07, 6.45) is 1.65. The van der Waals surface area contributed by atoms with Crippen LogP contribution in [0.2, 0.25) is 0 Å². The molecule has 0 spiro atoms. The van der Waals surface area contributed by atoms with Crippen molar-refractivity contribution in [2.75, 3.05) is 13.1 Å². The zero-order valence-electron chi connectivity index (χ0n) is 15.0. The number of benzene rings is 1. The molecule has 3 rings (SSSR count). The van der Waals surface area contributed by atoms with E-state index in [2.05, 4.69) is 16.0 Å². The molecule has 0 unspecified atom stereocenters. The Morgan fingerprint density at radius 1 is 1.11 bits per heavy atom. The molecule has 1 aliphatic rings. The highest BCUT2D eigenvalue weighted by atomic mass is 32.2. The number of hydrogen-bond donors (Lipinski definition) is 2. The third-order valence-electron chi connectivity index (χ3n) is 4.35. The molecule has 2 N–H and O–H groups in total. The molecule has 10 heteroatoms. The van der Waals surface area contributed by atoms with Crippen LogP contribution in [0.15, 0.2) is 33.7 Å². The Hall–Kier alpha value is -2.72. The van der Waals surface area contributed by atoms with Crippen LogP contribution in [0.3, 0.4) is 0 Å². The third kappa shape index (κ3) is 3.86. The number of aryl methyl sites for hydroxylation is 2. The molecule has 1 saturated heterocycles. The molecule has 1 fully saturated rings. The largest absolute Gasteiger partial charge is 0.361 e. The molecule has 9 nitrogen and oxygen atoms in total. The smallest absolute Gasteiger partial charge is 0.275 e. The van der Waals surface area contributed by atoms with Gasteiger partial charge in [-0.1, -0.05) is 11.2 Å². The molecule has 0 saturated carbocycles. The van der Waals surface area contributed by atoms with E-state index in [1.807, 2.05) is 0 Å². The summed E-state index contributed by atoms with van der Waals surface area (Å²) in [6, 6.07) is 5.71. The number of nitrogens with one attached hydrogen (secondary N) is 2. The lowest BCUT2D eigenvalue weighted by Crippen LogP contribution is -2.42. The van der Waals surface area contributed by atoms with Crippen LogP contribution in [0.1, 0.15) is 45.0 Å². The van der Waals surface area contributed by atoms with Gasteiger partial charge in [0.1, 0.15) is 11.3 Å². The zero-order chi connectivity index (χ0) is 19.6. The molecule has 0 atom stereocenters. The molecule has 1 aromatic heterocycles. The number of hydrogen-bond acceptors (Lipinski definition) is 6. The second-order valence-electron chi connectivity index (χ2n) is 6.25. The summed E-state index contributed by atoms with van der Waals surface area (Å²) in [7, 11) is -3.63. The Kier molecular flexibility index (Phi) is 5.29. The fourth-order valence-corrected chi connectivity index (χ4v) is 4.49. The van der Waals surface area contributed by atoms with Crippen molar-refractivity contribution < 1.29 is 22.5 Å². The lowest BCUT2D eigenvalue weighted by Gasteiger charge is -2.16. The summed E-state index contributed by atoms with van der Waals surface area (Å²) in [5.41, 5.74) is 5.31. The highest BCUT2D eigenvalue weighted by molar-refractivity contribution is 7.89. The van der Waals surface area contributed by atoms with E-state index in [-0.39, 0.29) is 16.0 Å². The fraction of sp³-hybridized carbons (Fsp3) is 0.353. The fourth-order valence-electron chi connectivity index (χ4n) is 2.93. The van der Waals surface area contributed by atoms with Gasteiger partial charge < -0.3 is 4.52 Å². The van der Waals surface area contributed by atoms with E-state index in [4.69, 9.17) is 4.52 Å². The van der Waals surface area contributed by atoms with E-state index in [1.54, 1.807) is 13.8 Å². The first-order valence-electron chi connectivity index (χ1n) is 8.44. The van der Waals surface area contributed by atoms with Crippen molar-refractivity contribution >= 4 is 21.8 Å². The maximum absolute atomic E-state index is 12.6. The SMILES string of the molecule is Cc1noc(C)c1C(=O)NNC(=O)c1cccc(S(=O)(=O)N2CCCC2)c1. The molecule has 1 aliphatic heterocycles. The van der Waals surface area contributed by atoms with Gasteiger partial charge in [0.2, 0.25) is 10.0 Å². The van der Waals surface area contributed by atoms with Crippen molar-refractivity contribution in [3.05, 3.63) is 46.8 Å². The van der Waals surface area contributed by atoms with Crippen LogP contribution in [-0.4, -0.2) is 42.8 Å². The van der Waals surface area contributed by atoms with E-state index in [0.29, 0.717) is 24.5 Å². The second kappa shape index (κ2) is 7.49. The van der Waals surface area contributed by atoms with Crippen molar-refractivity contribution in [2.24, 2.45) is 0 Å². The van der Waals surface area contributed by atoms with E-state index >= 15 is 0 Å². The Labute approximate surface area is 156 Å². The number of nitrogens with zero attached hydrogens (tertiary/aromatic N) is 2. The average Bonchev–Trinajstić information content (AvgIpc) is 3.30. The molecule has 27 heavy (non-hydrogen) atoms. The predicted octanol–water partition coefficient (Wildman–Crippen LogP) is 1.15. The van der Waals surface area contributed by atoms with Gasteiger partial charge in [0, 0.05) is 18.7 Å². The standard InChI is InChI=1S/C17H20N4O5S/c1-11-15(12(2)26-20-11)17(23)19-18-16(22)13-6-5-7-14(10-13)27(24,25)21-8-3-4-9-21/h5-7,10H,3-4,8-9H2,1-2H3,(H,18,22)(H,19,23). The summed E-state index contributed by atoms with van der Waals surface area (Å²) >= 11 is 0. The van der Waals surface area contributed by atoms with Crippen molar-refractivity contribution in [3.63, 3.8) is 0 Å². The maximum Gasteiger partial charge on any atom is 0.275 e. The van der Waals surface area contributed by atoms with Gasteiger partial charge in [-0.2, -0.15) is 4.31 Å². The summed E-state index contributed by atoms with van der Waals surface area (Å²) in [4.78, 5) is 24.5. The number of carbonyl (C=O) groups excluding carboxylic acids is 2. The van der Waals surface area contributed by atoms with Crippen LogP contribution in [0.25, 0.3) is 0 Å². The van der Waals surface area contributed by atoms with Crippen molar-refractivity contribution in [2.45, 2.75) is 31.6 Å². The van der Waals surface area contributed by atoms with Crippen LogP contribution in [-0.2, 0) is 10.0 Å². The van der Waals surface area contributed by atoms with Crippen LogP contribution in [0.4, 0.5) is 0 Å². The number of rotatable bonds is 4. The second-order valence-corrected chi connectivity index (χ2v) is 8.18. The summed E-state index contributed by atoms with van der Waals surface area (Å²) in [5, 5.41) is 3.68. The molecule has 2 aromatic rings. The van der Waals surface area contributed by atoms with Gasteiger partial charge in [0.25, 0.3) is 11.8 Å². The number of carbonyl (C=O) groups is 2. The van der Waals surface area contributed by atoms with Gasteiger partial charge in [-0.3, -0.25) is 20.4 Å². The van der Waals surface area contributed by atoms with E-state index < -0.39 is 21.8 Å². The van der Waals surface area contributed by atoms with E-state index in [1.165, 1.54) is 28.6 Å². The molecule has 0 bridgehead atoms. The summed E-state index contributed by atoms with van der Waals surface area (Å²) < 4.78 is 31.5. The number of amides is 2. The average molecular weight is 392 g/mol. The van der Waals surface area contributed by atoms with E-state index in [9.17, 15) is 18.0 Å². The summed E-state index contributed by atoms with van der Waals surface area (Å²) in [5.74, 6) is -0.869. The van der Waals surface area contributed by atoms with Crippen molar-refractivity contribution in [1.29, 1.82) is 0 Å². The zero-order valence-corrected chi connectivity index (χ0v) is 15.8. The van der Waals surface area contributed by atoms with Gasteiger partial charge in [0.15, 0.2) is 0 Å². The number of sulfonamides is 1. The van der Waals surface area contributed by atoms with Gasteiger partial charge in [0.05, 0.1) is 10.6 Å². The van der Waals surface area contributed by atoms with E-state index in [0.717, 1.165) is 12.8 Å². The first-order chi connectivity index (χ1) is 12.8. The quantitative estimate of drug-likeness (QED) is 0.753. The van der Waals surface area contributed by atoms with Crippen LogP contribution in [0.5, 0.6) is 0 Å². The van der Waals surface area contributed by atoms with Gasteiger partial charge >= 0.3 is 0 Å². The highest BCUT2D eigenvalue weighted by Gasteiger charge is 2.27. The molecular formula is C17H20N4O5S. The minimum absolute atomic E-state index is 0.0501. The molecule has 1 aromatic carbocycles. The normalized spacial score (nSPS) is 14.9. The Bertz CT molecular complexity index is 957. The molecule has 2 heterocycles. The van der Waals surface area contributed by atoms with Crippen LogP contribution in [0, 0.1) is 13.8 Å². The number of hydrazine groups is 1. The highest BCUT2D eigenvalue weighted by Crippen LogP contribution is 2.21. The topological polar surface area (TPSA) is 122 Å². The molecule has 2 amide bonds. The van der Waals surface area contributed by atoms with Gasteiger partial charge in [-0.15, -0.1) is 0 Å². The lowest BCUT2D eigenvalue weighted by molar-refractivity contribution is 0.0845. The number of aromatic nitrogens is 1. The first-order valence-corrected chi connectivity index (χ1v) is 9.88. The molecule has 0 radical (unpaired) electrons. The Morgan fingerprint density at radius 3 is 2.41 bits per heavy atom. The van der Waals surface area contributed by atoms with Crippen LogP contribution >= 0.6 is 0 Å². The molecule has 144 valence electrons.